The zero-order valence-electron chi connectivity index (χ0n) is 29.8. The summed E-state index contributed by atoms with van der Waals surface area (Å²) in [5.41, 5.74) is 0.0472. The fourth-order valence-electron chi connectivity index (χ4n) is 4.76. The minimum atomic E-state index is -4.88. The molecule has 8 N–H and O–H groups in total. The molecule has 4 rings (SSSR count). The van der Waals surface area contributed by atoms with Gasteiger partial charge >= 0.3 is 41.6 Å². The fraction of sp³-hybridized carbons (Fsp3) is 0.333. The zero-order chi connectivity index (χ0) is 39.5. The molecule has 292 valence electrons. The molecule has 2 aromatic carbocycles. The number of ether oxygens (including phenoxy) is 2. The molecule has 55 heavy (non-hydrogen) atoms. The van der Waals surface area contributed by atoms with Crippen LogP contribution in [0.15, 0.2) is 46.2 Å². The van der Waals surface area contributed by atoms with Crippen molar-refractivity contribution in [1.29, 1.82) is 0 Å². The van der Waals surface area contributed by atoms with Crippen LogP contribution in [-0.4, -0.2) is 143 Å². The Labute approximate surface area is 337 Å². The van der Waals surface area contributed by atoms with Gasteiger partial charge in [-0.25, -0.2) is 0 Å². The predicted octanol–water partition coefficient (Wildman–Crippen LogP) is -3.19. The molecule has 0 aliphatic rings. The Morgan fingerprint density at radius 3 is 1.24 bits per heavy atom. The van der Waals surface area contributed by atoms with Gasteiger partial charge in [0.2, 0.25) is 23.8 Å². The number of anilines is 6. The summed E-state index contributed by atoms with van der Waals surface area (Å²) in [7, 11) is -7.14. The van der Waals surface area contributed by atoms with Gasteiger partial charge in [-0.1, -0.05) is 24.3 Å². The summed E-state index contributed by atoms with van der Waals surface area (Å²) in [4.78, 5) is 26.6. The summed E-state index contributed by atoms with van der Waals surface area (Å²) >= 11 is 0. The van der Waals surface area contributed by atoms with E-state index in [1.54, 1.807) is 0 Å². The summed E-state index contributed by atoms with van der Waals surface area (Å²) in [6.45, 7) is -0.787. The van der Waals surface area contributed by atoms with E-state index in [-0.39, 0.29) is 140 Å². The maximum absolute atomic E-state index is 12.5. The number of aromatic nitrogens is 6. The topological polar surface area (TPSA) is 316 Å². The molecule has 22 nitrogen and oxygen atoms in total. The molecule has 4 aromatic rings. The molecular formula is C30H38N10NaO12S2+. The van der Waals surface area contributed by atoms with Gasteiger partial charge in [0.25, 0.3) is 20.2 Å². The van der Waals surface area contributed by atoms with Crippen molar-refractivity contribution in [2.24, 2.45) is 0 Å². The molecule has 0 unspecified atom stereocenters. The van der Waals surface area contributed by atoms with E-state index >= 15 is 0 Å². The Morgan fingerprint density at radius 2 is 0.945 bits per heavy atom. The van der Waals surface area contributed by atoms with Crippen LogP contribution in [0.4, 0.5) is 35.2 Å². The predicted molar refractivity (Wildman–Crippen MR) is 194 cm³/mol. The Balaban J connectivity index is 0.00000812. The minimum absolute atomic E-state index is 0. The molecule has 0 aliphatic carbocycles. The summed E-state index contributed by atoms with van der Waals surface area (Å²) < 4.78 is 80.3. The molecule has 0 saturated heterocycles. The summed E-state index contributed by atoms with van der Waals surface area (Å²) in [6, 6.07) is 7.32. The molecule has 0 fully saturated rings. The fourth-order valence-corrected chi connectivity index (χ4v) is 6.18. The first-order valence-corrected chi connectivity index (χ1v) is 18.6. The number of nitrogens with one attached hydrogen (secondary N) is 2. The molecule has 2 aromatic heterocycles. The van der Waals surface area contributed by atoms with E-state index in [2.05, 4.69) is 40.5 Å². The van der Waals surface area contributed by atoms with Gasteiger partial charge < -0.3 is 50.3 Å². The van der Waals surface area contributed by atoms with Crippen molar-refractivity contribution < 1.29 is 85.4 Å². The smallest absolute Gasteiger partial charge is 0.467 e. The SMILES string of the molecule is COc1nc(Nc2ccc(/C=C/c3ccc(Nc4nc(OC)nc(N(CCO)CCO)n4)cc3S(=O)(=O)O)c(S(=O)(=O)O)c2)nc(N(CCO)CCO)n1.[Na+]. The van der Waals surface area contributed by atoms with Gasteiger partial charge in [-0.2, -0.15) is 46.7 Å². The number of benzene rings is 2. The van der Waals surface area contributed by atoms with Gasteiger partial charge in [-0.05, 0) is 35.4 Å². The maximum atomic E-state index is 12.5. The second-order valence-electron chi connectivity index (χ2n) is 10.8. The van der Waals surface area contributed by atoms with Crippen LogP contribution in [-0.2, 0) is 20.2 Å². The van der Waals surface area contributed by atoms with Crippen LogP contribution < -0.4 is 59.5 Å². The zero-order valence-corrected chi connectivity index (χ0v) is 33.4. The van der Waals surface area contributed by atoms with Gasteiger partial charge in [0.1, 0.15) is 9.79 Å². The summed E-state index contributed by atoms with van der Waals surface area (Å²) in [5, 5.41) is 43.2. The second kappa shape index (κ2) is 20.5. The van der Waals surface area contributed by atoms with Crippen LogP contribution in [0.1, 0.15) is 11.1 Å². The maximum Gasteiger partial charge on any atom is 1.00 e. The van der Waals surface area contributed by atoms with Gasteiger partial charge in [-0.3, -0.25) is 9.11 Å². The van der Waals surface area contributed by atoms with Crippen LogP contribution in [0.5, 0.6) is 12.0 Å². The van der Waals surface area contributed by atoms with Crippen molar-refractivity contribution in [3.8, 4) is 12.0 Å². The van der Waals surface area contributed by atoms with Crippen LogP contribution in [0.2, 0.25) is 0 Å². The summed E-state index contributed by atoms with van der Waals surface area (Å²) in [5.74, 6) is -0.127. The average molecular weight is 818 g/mol. The largest absolute Gasteiger partial charge is 1.00 e. The number of aliphatic hydroxyl groups excluding tert-OH is 4. The van der Waals surface area contributed by atoms with E-state index < -0.39 is 30.0 Å². The van der Waals surface area contributed by atoms with Crippen LogP contribution in [0.25, 0.3) is 12.2 Å². The Hall–Kier alpha value is -4.34. The molecule has 2 heterocycles. The third kappa shape index (κ3) is 12.6. The number of nitrogens with zero attached hydrogens (tertiary/aromatic N) is 8. The first-order chi connectivity index (χ1) is 25.7. The number of aliphatic hydroxyl groups is 4. The van der Waals surface area contributed by atoms with E-state index in [9.17, 15) is 46.4 Å². The third-order valence-electron chi connectivity index (χ3n) is 7.15. The molecule has 0 spiro atoms. The van der Waals surface area contributed by atoms with Crippen molar-refractivity contribution >= 4 is 67.6 Å². The first-order valence-electron chi connectivity index (χ1n) is 15.7. The normalized spacial score (nSPS) is 11.6. The van der Waals surface area contributed by atoms with Crippen LogP contribution in [0.3, 0.4) is 0 Å². The molecule has 0 saturated carbocycles. The molecular weight excluding hydrogens is 780 g/mol. The molecule has 0 amide bonds. The molecule has 0 atom stereocenters. The number of hydrogen-bond donors (Lipinski definition) is 8. The molecule has 0 bridgehead atoms. The van der Waals surface area contributed by atoms with Crippen molar-refractivity contribution in [2.45, 2.75) is 9.79 Å². The van der Waals surface area contributed by atoms with E-state index in [1.807, 2.05) is 0 Å². The van der Waals surface area contributed by atoms with Crippen molar-refractivity contribution in [1.82, 2.24) is 29.9 Å². The minimum Gasteiger partial charge on any atom is -0.467 e. The second-order valence-corrected chi connectivity index (χ2v) is 13.6. The number of methoxy groups -OCH3 is 2. The van der Waals surface area contributed by atoms with E-state index in [4.69, 9.17) is 9.47 Å². The van der Waals surface area contributed by atoms with Gasteiger partial charge in [-0.15, -0.1) is 0 Å². The average Bonchev–Trinajstić information content (AvgIpc) is 3.13. The van der Waals surface area contributed by atoms with E-state index in [1.165, 1.54) is 60.4 Å². The summed E-state index contributed by atoms with van der Waals surface area (Å²) in [6.07, 6.45) is 2.41. The van der Waals surface area contributed by atoms with Crippen molar-refractivity contribution in [2.75, 3.05) is 87.3 Å². The van der Waals surface area contributed by atoms with Crippen LogP contribution in [0, 0.1) is 0 Å². The Bertz CT molecular complexity index is 2010. The van der Waals surface area contributed by atoms with E-state index in [0.29, 0.717) is 0 Å². The Morgan fingerprint density at radius 1 is 0.600 bits per heavy atom. The standard InChI is InChI=1S/C30H38N10O12S2.Na/c1-51-29-35-25(33-27(37-29)39(9-13-41)10-14-42)31-21-7-5-19(23(17-21)53(45,46)47)3-4-20-6-8-22(18-24(20)54(48,49)50)32-26-34-28(38-30(36-26)52-2)40(11-15-43)12-16-44;/h3-8,17-18,41-44H,9-16H2,1-2H3,(H,45,46,47)(H,48,49,50)(H,31,33,35,37)(H,32,34,36,38);/q;+1/b4-3+;. The van der Waals surface area contributed by atoms with Gasteiger partial charge in [0.15, 0.2) is 0 Å². The molecule has 0 aliphatic heterocycles. The van der Waals surface area contributed by atoms with Gasteiger partial charge in [0, 0.05) is 37.6 Å². The quantitative estimate of drug-likeness (QED) is 0.0247. The monoisotopic (exact) mass is 817 g/mol. The first kappa shape index (κ1) is 45.1. The van der Waals surface area contributed by atoms with Crippen molar-refractivity contribution in [3.63, 3.8) is 0 Å². The molecule has 0 radical (unpaired) electrons. The third-order valence-corrected chi connectivity index (χ3v) is 8.97. The molecule has 25 heteroatoms. The number of hydrogen-bond acceptors (Lipinski definition) is 20. The van der Waals surface area contributed by atoms with Crippen molar-refractivity contribution in [3.05, 3.63) is 47.5 Å². The number of rotatable bonds is 20. The van der Waals surface area contributed by atoms with Gasteiger partial charge in [0.05, 0.1) is 40.6 Å². The van der Waals surface area contributed by atoms with E-state index in [0.717, 1.165) is 12.1 Å². The Kier molecular flexibility index (Phi) is 16.8. The van der Waals surface area contributed by atoms with Crippen LogP contribution >= 0.6 is 0 Å².